The van der Waals surface area contributed by atoms with Crippen LogP contribution in [0.15, 0.2) is 12.1 Å². The average Bonchev–Trinajstić information content (AvgIpc) is 2.14. The summed E-state index contributed by atoms with van der Waals surface area (Å²) in [6, 6.07) is 3.01. The van der Waals surface area contributed by atoms with E-state index in [4.69, 9.17) is 26.2 Å². The summed E-state index contributed by atoms with van der Waals surface area (Å²) in [5, 5.41) is 5.32. The fourth-order valence-electron chi connectivity index (χ4n) is 1.33. The Morgan fingerprint density at radius 2 is 1.94 bits per heavy atom. The first-order valence-electron chi connectivity index (χ1n) is 4.28. The highest BCUT2D eigenvalue weighted by atomic mass is 35.5. The van der Waals surface area contributed by atoms with Crippen molar-refractivity contribution < 1.29 is 17.9 Å². The van der Waals surface area contributed by atoms with E-state index < -0.39 is 10.0 Å². The average molecular weight is 266 g/mol. The molecule has 0 aliphatic heterocycles. The molecular weight excluding hydrogens is 254 g/mol. The van der Waals surface area contributed by atoms with E-state index >= 15 is 0 Å². The van der Waals surface area contributed by atoms with E-state index in [2.05, 4.69) is 0 Å². The van der Waals surface area contributed by atoms with Gasteiger partial charge in [-0.1, -0.05) is 11.6 Å². The summed E-state index contributed by atoms with van der Waals surface area (Å²) in [5.41, 5.74) is 0.370. The molecule has 0 atom stereocenters. The van der Waals surface area contributed by atoms with Crippen LogP contribution in [0, 0.1) is 0 Å². The van der Waals surface area contributed by atoms with E-state index in [1.165, 1.54) is 26.4 Å². The minimum atomic E-state index is -3.65. The molecule has 5 nitrogen and oxygen atoms in total. The van der Waals surface area contributed by atoms with Crippen LogP contribution in [0.2, 0.25) is 5.02 Å². The highest BCUT2D eigenvalue weighted by molar-refractivity contribution is 7.88. The van der Waals surface area contributed by atoms with Crippen molar-refractivity contribution >= 4 is 21.6 Å². The van der Waals surface area contributed by atoms with Crippen LogP contribution in [0.3, 0.4) is 0 Å². The molecule has 0 fully saturated rings. The van der Waals surface area contributed by atoms with Gasteiger partial charge in [-0.3, -0.25) is 0 Å². The minimum absolute atomic E-state index is 0.320. The Morgan fingerprint density at radius 1 is 1.31 bits per heavy atom. The quantitative estimate of drug-likeness (QED) is 0.886. The molecule has 1 aromatic carbocycles. The Kier molecular flexibility index (Phi) is 4.01. The van der Waals surface area contributed by atoms with Gasteiger partial charge in [-0.15, -0.1) is 0 Å². The van der Waals surface area contributed by atoms with Crippen LogP contribution < -0.4 is 14.6 Å². The molecule has 2 N–H and O–H groups in total. The first-order chi connectivity index (χ1) is 7.37. The fourth-order valence-corrected chi connectivity index (χ4v) is 2.21. The SMILES string of the molecule is COc1cc(Cl)cc(CS(N)(=O)=O)c1OC. The third kappa shape index (κ3) is 3.26. The second kappa shape index (κ2) is 4.90. The lowest BCUT2D eigenvalue weighted by molar-refractivity contribution is 0.352. The van der Waals surface area contributed by atoms with Crippen molar-refractivity contribution in [3.63, 3.8) is 0 Å². The van der Waals surface area contributed by atoms with Gasteiger partial charge < -0.3 is 9.47 Å². The Bertz CT molecular complexity index is 487. The number of benzene rings is 1. The maximum Gasteiger partial charge on any atom is 0.213 e. The van der Waals surface area contributed by atoms with E-state index in [0.29, 0.717) is 22.1 Å². The summed E-state index contributed by atoms with van der Waals surface area (Å²) in [4.78, 5) is 0. The molecule has 0 aliphatic carbocycles. The lowest BCUT2D eigenvalue weighted by atomic mass is 10.2. The monoisotopic (exact) mass is 265 g/mol. The number of methoxy groups -OCH3 is 2. The number of sulfonamides is 1. The van der Waals surface area contributed by atoms with Gasteiger partial charge in [0.05, 0.1) is 20.0 Å². The predicted octanol–water partition coefficient (Wildman–Crippen LogP) is 1.15. The van der Waals surface area contributed by atoms with E-state index in [9.17, 15) is 8.42 Å². The van der Waals surface area contributed by atoms with Crippen LogP contribution in [0.1, 0.15) is 5.56 Å². The molecule has 0 aromatic heterocycles. The summed E-state index contributed by atoms with van der Waals surface area (Å²) in [6.07, 6.45) is 0. The van der Waals surface area contributed by atoms with Gasteiger partial charge in [-0.25, -0.2) is 13.6 Å². The van der Waals surface area contributed by atoms with Crippen molar-refractivity contribution in [2.75, 3.05) is 14.2 Å². The number of hydrogen-bond donors (Lipinski definition) is 1. The molecular formula is C9H12ClNO4S. The Hall–Kier alpha value is -0.980. The van der Waals surface area contributed by atoms with Gasteiger partial charge in [-0.2, -0.15) is 0 Å². The summed E-state index contributed by atoms with van der Waals surface area (Å²) in [5.74, 6) is 0.335. The molecule has 0 spiro atoms. The summed E-state index contributed by atoms with van der Waals surface area (Å²) >= 11 is 5.82. The van der Waals surface area contributed by atoms with Gasteiger partial charge in [-0.05, 0) is 6.07 Å². The van der Waals surface area contributed by atoms with E-state index in [-0.39, 0.29) is 5.75 Å². The molecule has 0 aliphatic rings. The molecule has 90 valence electrons. The van der Waals surface area contributed by atoms with Gasteiger partial charge in [0.2, 0.25) is 10.0 Å². The molecule has 0 bridgehead atoms. The van der Waals surface area contributed by atoms with Crippen LogP contribution in [-0.4, -0.2) is 22.6 Å². The van der Waals surface area contributed by atoms with Gasteiger partial charge >= 0.3 is 0 Å². The number of ether oxygens (including phenoxy) is 2. The minimum Gasteiger partial charge on any atom is -0.493 e. The Morgan fingerprint density at radius 3 is 2.38 bits per heavy atom. The van der Waals surface area contributed by atoms with Crippen LogP contribution in [0.5, 0.6) is 11.5 Å². The lowest BCUT2D eigenvalue weighted by Gasteiger charge is -2.12. The van der Waals surface area contributed by atoms with Crippen molar-refractivity contribution in [3.8, 4) is 11.5 Å². The topological polar surface area (TPSA) is 78.6 Å². The van der Waals surface area contributed by atoms with Gasteiger partial charge in [0.15, 0.2) is 11.5 Å². The molecule has 0 unspecified atom stereocenters. The maximum atomic E-state index is 11.0. The molecule has 0 radical (unpaired) electrons. The van der Waals surface area contributed by atoms with Crippen molar-refractivity contribution in [1.29, 1.82) is 0 Å². The third-order valence-electron chi connectivity index (χ3n) is 1.88. The molecule has 7 heteroatoms. The maximum absolute atomic E-state index is 11.0. The zero-order valence-corrected chi connectivity index (χ0v) is 10.4. The van der Waals surface area contributed by atoms with E-state index in [1.807, 2.05) is 0 Å². The molecule has 0 heterocycles. The summed E-state index contributed by atoms with van der Waals surface area (Å²) in [7, 11) is -0.791. The fraction of sp³-hybridized carbons (Fsp3) is 0.333. The molecule has 16 heavy (non-hydrogen) atoms. The molecule has 0 saturated heterocycles. The normalized spacial score (nSPS) is 11.2. The van der Waals surface area contributed by atoms with Gasteiger partial charge in [0.25, 0.3) is 0 Å². The number of hydrogen-bond acceptors (Lipinski definition) is 4. The van der Waals surface area contributed by atoms with Crippen molar-refractivity contribution in [2.24, 2.45) is 5.14 Å². The van der Waals surface area contributed by atoms with Gasteiger partial charge in [0, 0.05) is 16.7 Å². The highest BCUT2D eigenvalue weighted by Crippen LogP contribution is 2.35. The van der Waals surface area contributed by atoms with Crippen LogP contribution in [0.4, 0.5) is 0 Å². The van der Waals surface area contributed by atoms with E-state index in [0.717, 1.165) is 0 Å². The molecule has 1 aromatic rings. The lowest BCUT2D eigenvalue weighted by Crippen LogP contribution is -2.15. The zero-order chi connectivity index (χ0) is 12.3. The standard InChI is InChI=1S/C9H12ClNO4S/c1-14-8-4-7(10)3-6(9(8)15-2)5-16(11,12)13/h3-4H,5H2,1-2H3,(H2,11,12,13). The number of halogens is 1. The highest BCUT2D eigenvalue weighted by Gasteiger charge is 2.16. The zero-order valence-electron chi connectivity index (χ0n) is 8.86. The van der Waals surface area contributed by atoms with Crippen LogP contribution in [-0.2, 0) is 15.8 Å². The Balaban J connectivity index is 3.31. The van der Waals surface area contributed by atoms with Crippen molar-refractivity contribution in [3.05, 3.63) is 22.7 Å². The number of nitrogens with two attached hydrogens (primary N) is 1. The first kappa shape index (κ1) is 13.1. The number of rotatable bonds is 4. The summed E-state index contributed by atoms with van der Waals surface area (Å²) < 4.78 is 32.1. The number of primary sulfonamides is 1. The molecule has 0 saturated carbocycles. The van der Waals surface area contributed by atoms with Crippen LogP contribution >= 0.6 is 11.6 Å². The molecule has 1 rings (SSSR count). The predicted molar refractivity (Wildman–Crippen MR) is 61.4 cm³/mol. The second-order valence-electron chi connectivity index (χ2n) is 3.11. The second-order valence-corrected chi connectivity index (χ2v) is 5.16. The van der Waals surface area contributed by atoms with Crippen molar-refractivity contribution in [2.45, 2.75) is 5.75 Å². The molecule has 0 amide bonds. The first-order valence-corrected chi connectivity index (χ1v) is 6.37. The largest absolute Gasteiger partial charge is 0.493 e. The van der Waals surface area contributed by atoms with E-state index in [1.54, 1.807) is 0 Å². The smallest absolute Gasteiger partial charge is 0.213 e. The van der Waals surface area contributed by atoms with Crippen LogP contribution in [0.25, 0.3) is 0 Å². The summed E-state index contributed by atoms with van der Waals surface area (Å²) in [6.45, 7) is 0. The Labute approximate surface area is 99.2 Å². The van der Waals surface area contributed by atoms with Crippen molar-refractivity contribution in [1.82, 2.24) is 0 Å². The van der Waals surface area contributed by atoms with Gasteiger partial charge in [0.1, 0.15) is 0 Å². The third-order valence-corrected chi connectivity index (χ3v) is 2.81.